The number of nitrogens with zero attached hydrogens (tertiary/aromatic N) is 1. The number of nitrogens with one attached hydrogen (secondary N) is 1. The van der Waals surface area contributed by atoms with Crippen molar-refractivity contribution in [1.29, 1.82) is 0 Å². The van der Waals surface area contributed by atoms with Gasteiger partial charge in [-0.05, 0) is 5.56 Å². The maximum atomic E-state index is 12.7. The normalized spacial score (nSPS) is 11.5. The first kappa shape index (κ1) is 12.3. The molecule has 0 saturated carbocycles. The third-order valence-electron chi connectivity index (χ3n) is 2.49. The lowest BCUT2D eigenvalue weighted by Crippen LogP contribution is -2.22. The van der Waals surface area contributed by atoms with Crippen LogP contribution in [-0.4, -0.2) is 10.2 Å². The summed E-state index contributed by atoms with van der Waals surface area (Å²) in [5.74, 6) is 0. The summed E-state index contributed by atoms with van der Waals surface area (Å²) in [6.07, 6.45) is -4.02. The number of halogens is 3. The van der Waals surface area contributed by atoms with Crippen molar-refractivity contribution in [2.75, 3.05) is 0 Å². The zero-order chi connectivity index (χ0) is 13.2. The van der Waals surface area contributed by atoms with Crippen LogP contribution in [0.15, 0.2) is 41.3 Å². The number of hydrogen-bond donors (Lipinski definition) is 1. The molecular formula is C12H9F3N2O. The minimum Gasteiger partial charge on any atom is -0.268 e. The monoisotopic (exact) mass is 254 g/mol. The maximum Gasteiger partial charge on any atom is 0.418 e. The van der Waals surface area contributed by atoms with Crippen molar-refractivity contribution < 1.29 is 13.2 Å². The van der Waals surface area contributed by atoms with Crippen LogP contribution >= 0.6 is 0 Å². The Labute approximate surface area is 100 Å². The Kier molecular flexibility index (Phi) is 3.18. The van der Waals surface area contributed by atoms with Gasteiger partial charge in [-0.1, -0.05) is 30.3 Å². The van der Waals surface area contributed by atoms with E-state index in [-0.39, 0.29) is 12.0 Å². The lowest BCUT2D eigenvalue weighted by molar-refractivity contribution is -0.138. The van der Waals surface area contributed by atoms with Crippen molar-refractivity contribution >= 4 is 0 Å². The SMILES string of the molecule is O=c1[nH]ncc(C(F)(F)F)c1Cc1ccccc1. The molecular weight excluding hydrogens is 245 g/mol. The van der Waals surface area contributed by atoms with Crippen molar-refractivity contribution in [1.82, 2.24) is 10.2 Å². The van der Waals surface area contributed by atoms with Gasteiger partial charge in [0.1, 0.15) is 0 Å². The Morgan fingerprint density at radius 3 is 2.44 bits per heavy atom. The third-order valence-corrected chi connectivity index (χ3v) is 2.49. The van der Waals surface area contributed by atoms with Crippen LogP contribution in [0.4, 0.5) is 13.2 Å². The minimum atomic E-state index is -4.58. The van der Waals surface area contributed by atoms with Crippen molar-refractivity contribution in [2.24, 2.45) is 0 Å². The molecule has 0 unspecified atom stereocenters. The van der Waals surface area contributed by atoms with E-state index >= 15 is 0 Å². The third kappa shape index (κ3) is 2.58. The molecule has 0 bridgehead atoms. The number of rotatable bonds is 2. The fraction of sp³-hybridized carbons (Fsp3) is 0.167. The molecule has 6 heteroatoms. The molecule has 0 aliphatic carbocycles. The molecule has 94 valence electrons. The van der Waals surface area contributed by atoms with E-state index in [4.69, 9.17) is 0 Å². The van der Waals surface area contributed by atoms with Crippen LogP contribution in [0.1, 0.15) is 16.7 Å². The summed E-state index contributed by atoms with van der Waals surface area (Å²) in [5, 5.41) is 5.22. The molecule has 0 spiro atoms. The molecule has 18 heavy (non-hydrogen) atoms. The second kappa shape index (κ2) is 4.64. The number of aromatic amines is 1. The van der Waals surface area contributed by atoms with Crippen molar-refractivity contribution in [3.8, 4) is 0 Å². The Morgan fingerprint density at radius 2 is 1.83 bits per heavy atom. The fourth-order valence-corrected chi connectivity index (χ4v) is 1.64. The zero-order valence-corrected chi connectivity index (χ0v) is 9.16. The van der Waals surface area contributed by atoms with Crippen LogP contribution in [0, 0.1) is 0 Å². The second-order valence-electron chi connectivity index (χ2n) is 3.75. The molecule has 0 radical (unpaired) electrons. The quantitative estimate of drug-likeness (QED) is 0.894. The van der Waals surface area contributed by atoms with Crippen LogP contribution in [0.25, 0.3) is 0 Å². The molecule has 2 rings (SSSR count). The molecule has 1 N–H and O–H groups in total. The van der Waals surface area contributed by atoms with Crippen LogP contribution in [0.2, 0.25) is 0 Å². The molecule has 0 aliphatic rings. The summed E-state index contributed by atoms with van der Waals surface area (Å²) >= 11 is 0. The molecule has 1 heterocycles. The summed E-state index contributed by atoms with van der Waals surface area (Å²) < 4.78 is 38.2. The Bertz CT molecular complexity index is 590. The van der Waals surface area contributed by atoms with Crippen molar-refractivity contribution in [3.05, 3.63) is 63.6 Å². The number of benzene rings is 1. The predicted octanol–water partition coefficient (Wildman–Crippen LogP) is 2.38. The molecule has 2 aromatic rings. The predicted molar refractivity (Wildman–Crippen MR) is 59.1 cm³/mol. The summed E-state index contributed by atoms with van der Waals surface area (Å²) in [7, 11) is 0. The molecule has 1 aromatic heterocycles. The molecule has 3 nitrogen and oxygen atoms in total. The van der Waals surface area contributed by atoms with Gasteiger partial charge in [-0.2, -0.15) is 18.3 Å². The zero-order valence-electron chi connectivity index (χ0n) is 9.16. The van der Waals surface area contributed by atoms with E-state index in [1.165, 1.54) is 0 Å². The maximum absolute atomic E-state index is 12.7. The standard InChI is InChI=1S/C12H9F3N2O/c13-12(14,15)10-7-16-17-11(18)9(10)6-8-4-2-1-3-5-8/h1-5,7H,6H2,(H,17,18). The smallest absolute Gasteiger partial charge is 0.268 e. The van der Waals surface area contributed by atoms with Crippen LogP contribution in [0.5, 0.6) is 0 Å². The topological polar surface area (TPSA) is 45.8 Å². The first-order valence-electron chi connectivity index (χ1n) is 5.16. The Morgan fingerprint density at radius 1 is 1.17 bits per heavy atom. The highest BCUT2D eigenvalue weighted by atomic mass is 19.4. The molecule has 0 fully saturated rings. The Hall–Kier alpha value is -2.11. The molecule has 0 saturated heterocycles. The van der Waals surface area contributed by atoms with E-state index in [0.717, 1.165) is 0 Å². The summed E-state index contributed by atoms with van der Waals surface area (Å²) in [6.45, 7) is 0. The van der Waals surface area contributed by atoms with E-state index < -0.39 is 17.3 Å². The van der Waals surface area contributed by atoms with E-state index in [2.05, 4.69) is 5.10 Å². The molecule has 0 aliphatic heterocycles. The van der Waals surface area contributed by atoms with Crippen LogP contribution in [-0.2, 0) is 12.6 Å². The highest BCUT2D eigenvalue weighted by molar-refractivity contribution is 5.30. The Balaban J connectivity index is 2.47. The highest BCUT2D eigenvalue weighted by Gasteiger charge is 2.34. The minimum absolute atomic E-state index is 0.0759. The number of alkyl halides is 3. The van der Waals surface area contributed by atoms with E-state index in [0.29, 0.717) is 11.8 Å². The van der Waals surface area contributed by atoms with Crippen LogP contribution < -0.4 is 5.56 Å². The van der Waals surface area contributed by atoms with Gasteiger partial charge in [0.05, 0.1) is 11.8 Å². The molecule has 0 atom stereocenters. The first-order chi connectivity index (χ1) is 8.48. The van der Waals surface area contributed by atoms with Gasteiger partial charge in [-0.25, -0.2) is 5.10 Å². The van der Waals surface area contributed by atoms with Crippen molar-refractivity contribution in [2.45, 2.75) is 12.6 Å². The average Bonchev–Trinajstić information content (AvgIpc) is 2.32. The summed E-state index contributed by atoms with van der Waals surface area (Å²) in [4.78, 5) is 11.5. The van der Waals surface area contributed by atoms with Crippen LogP contribution in [0.3, 0.4) is 0 Å². The van der Waals surface area contributed by atoms with Gasteiger partial charge >= 0.3 is 6.18 Å². The number of H-pyrrole nitrogens is 1. The number of hydrogen-bond acceptors (Lipinski definition) is 2. The second-order valence-corrected chi connectivity index (χ2v) is 3.75. The summed E-state index contributed by atoms with van der Waals surface area (Å²) in [5.41, 5.74) is -1.48. The van der Waals surface area contributed by atoms with Gasteiger partial charge in [0.25, 0.3) is 5.56 Å². The van der Waals surface area contributed by atoms with E-state index in [9.17, 15) is 18.0 Å². The van der Waals surface area contributed by atoms with E-state index in [1.54, 1.807) is 30.3 Å². The summed E-state index contributed by atoms with van der Waals surface area (Å²) in [6, 6.07) is 8.50. The lowest BCUT2D eigenvalue weighted by Gasteiger charge is -2.10. The number of aromatic nitrogens is 2. The highest BCUT2D eigenvalue weighted by Crippen LogP contribution is 2.30. The van der Waals surface area contributed by atoms with Crippen molar-refractivity contribution in [3.63, 3.8) is 0 Å². The van der Waals surface area contributed by atoms with Gasteiger partial charge in [-0.15, -0.1) is 0 Å². The van der Waals surface area contributed by atoms with Gasteiger partial charge in [0, 0.05) is 12.0 Å². The van der Waals surface area contributed by atoms with Gasteiger partial charge in [0.15, 0.2) is 0 Å². The molecule has 1 aromatic carbocycles. The van der Waals surface area contributed by atoms with Gasteiger partial charge in [0.2, 0.25) is 0 Å². The van der Waals surface area contributed by atoms with E-state index in [1.807, 2.05) is 5.10 Å². The fourth-order valence-electron chi connectivity index (χ4n) is 1.64. The first-order valence-corrected chi connectivity index (χ1v) is 5.16. The average molecular weight is 254 g/mol. The lowest BCUT2D eigenvalue weighted by atomic mass is 10.0. The molecule has 0 amide bonds. The van der Waals surface area contributed by atoms with Gasteiger partial charge in [-0.3, -0.25) is 4.79 Å². The van der Waals surface area contributed by atoms with Gasteiger partial charge < -0.3 is 0 Å². The largest absolute Gasteiger partial charge is 0.418 e.